The second kappa shape index (κ2) is 7.89. The van der Waals surface area contributed by atoms with E-state index < -0.39 is 0 Å². The summed E-state index contributed by atoms with van der Waals surface area (Å²) in [6, 6.07) is 10.8. The minimum absolute atomic E-state index is 0.0361. The van der Waals surface area contributed by atoms with E-state index >= 15 is 0 Å². The number of piperidine rings is 1. The van der Waals surface area contributed by atoms with Gasteiger partial charge in [-0.3, -0.25) is 4.79 Å². The van der Waals surface area contributed by atoms with Gasteiger partial charge < -0.3 is 14.4 Å². The van der Waals surface area contributed by atoms with Crippen LogP contribution >= 0.6 is 0 Å². The lowest BCUT2D eigenvalue weighted by atomic mass is 9.93. The molecule has 2 aromatic heterocycles. The van der Waals surface area contributed by atoms with E-state index in [0.717, 1.165) is 55.1 Å². The lowest BCUT2D eigenvalue weighted by Gasteiger charge is -2.36. The van der Waals surface area contributed by atoms with Crippen LogP contribution in [0.4, 0.5) is 10.2 Å². The molecule has 1 amide bonds. The van der Waals surface area contributed by atoms with Crippen LogP contribution in [-0.2, 0) is 17.8 Å². The normalized spacial score (nSPS) is 17.1. The molecule has 4 heterocycles. The molecule has 154 valence electrons. The molecule has 2 aliphatic heterocycles. The first-order valence-corrected chi connectivity index (χ1v) is 10.4. The van der Waals surface area contributed by atoms with Gasteiger partial charge in [0.15, 0.2) is 0 Å². The van der Waals surface area contributed by atoms with Crippen molar-refractivity contribution in [3.05, 3.63) is 72.1 Å². The zero-order valence-corrected chi connectivity index (χ0v) is 16.7. The number of anilines is 1. The average molecular weight is 405 g/mol. The Labute approximate surface area is 175 Å². The Morgan fingerprint density at radius 2 is 1.73 bits per heavy atom. The SMILES string of the molecule is O=C(C1CCN(c2cc(-n3cccc3)ncn2)CC1)N1CCc2cc(F)ccc2C1. The monoisotopic (exact) mass is 405 g/mol. The molecule has 0 radical (unpaired) electrons. The van der Waals surface area contributed by atoms with Gasteiger partial charge in [-0.2, -0.15) is 0 Å². The number of benzene rings is 1. The molecule has 0 unspecified atom stereocenters. The van der Waals surface area contributed by atoms with Crippen LogP contribution in [0.1, 0.15) is 24.0 Å². The Morgan fingerprint density at radius 1 is 0.967 bits per heavy atom. The minimum Gasteiger partial charge on any atom is -0.356 e. The van der Waals surface area contributed by atoms with Crippen LogP contribution in [0.2, 0.25) is 0 Å². The molecule has 1 fully saturated rings. The van der Waals surface area contributed by atoms with Crippen molar-refractivity contribution in [2.45, 2.75) is 25.8 Å². The summed E-state index contributed by atoms with van der Waals surface area (Å²) in [5.74, 6) is 1.79. The van der Waals surface area contributed by atoms with Gasteiger partial charge in [-0.05, 0) is 54.7 Å². The van der Waals surface area contributed by atoms with E-state index in [1.54, 1.807) is 12.4 Å². The molecule has 0 atom stereocenters. The fraction of sp³-hybridized carbons (Fsp3) is 0.348. The summed E-state index contributed by atoms with van der Waals surface area (Å²) in [6.07, 6.45) is 7.87. The molecule has 0 bridgehead atoms. The molecule has 0 spiro atoms. The number of nitrogens with zero attached hydrogens (tertiary/aromatic N) is 5. The van der Waals surface area contributed by atoms with Gasteiger partial charge in [-0.25, -0.2) is 14.4 Å². The predicted octanol–water partition coefficient (Wildman–Crippen LogP) is 3.21. The molecule has 2 aliphatic rings. The quantitative estimate of drug-likeness (QED) is 0.672. The molecule has 7 heteroatoms. The second-order valence-corrected chi connectivity index (χ2v) is 8.01. The van der Waals surface area contributed by atoms with Gasteiger partial charge in [0.2, 0.25) is 5.91 Å². The largest absolute Gasteiger partial charge is 0.356 e. The molecule has 1 saturated heterocycles. The van der Waals surface area contributed by atoms with Gasteiger partial charge in [-0.15, -0.1) is 0 Å². The first-order valence-electron chi connectivity index (χ1n) is 10.4. The number of amides is 1. The Bertz CT molecular complexity index is 1040. The molecule has 30 heavy (non-hydrogen) atoms. The third-order valence-electron chi connectivity index (χ3n) is 6.17. The molecule has 0 saturated carbocycles. The molecule has 0 N–H and O–H groups in total. The number of hydrogen-bond donors (Lipinski definition) is 0. The van der Waals surface area contributed by atoms with Crippen LogP contribution in [0, 0.1) is 11.7 Å². The predicted molar refractivity (Wildman–Crippen MR) is 112 cm³/mol. The number of hydrogen-bond acceptors (Lipinski definition) is 4. The van der Waals surface area contributed by atoms with Crippen LogP contribution < -0.4 is 4.90 Å². The van der Waals surface area contributed by atoms with E-state index in [-0.39, 0.29) is 17.6 Å². The molecular formula is C23H24FN5O. The maximum absolute atomic E-state index is 13.4. The van der Waals surface area contributed by atoms with Crippen molar-refractivity contribution in [2.24, 2.45) is 5.92 Å². The molecule has 5 rings (SSSR count). The maximum atomic E-state index is 13.4. The number of halogens is 1. The van der Waals surface area contributed by atoms with Gasteiger partial charge >= 0.3 is 0 Å². The van der Waals surface area contributed by atoms with Crippen molar-refractivity contribution < 1.29 is 9.18 Å². The van der Waals surface area contributed by atoms with Crippen molar-refractivity contribution in [2.75, 3.05) is 24.5 Å². The van der Waals surface area contributed by atoms with Gasteiger partial charge in [0, 0.05) is 50.6 Å². The van der Waals surface area contributed by atoms with Crippen molar-refractivity contribution in [1.82, 2.24) is 19.4 Å². The second-order valence-electron chi connectivity index (χ2n) is 8.01. The highest BCUT2D eigenvalue weighted by Gasteiger charge is 2.31. The topological polar surface area (TPSA) is 54.3 Å². The summed E-state index contributed by atoms with van der Waals surface area (Å²) in [7, 11) is 0. The van der Waals surface area contributed by atoms with E-state index in [9.17, 15) is 9.18 Å². The summed E-state index contributed by atoms with van der Waals surface area (Å²) < 4.78 is 15.4. The smallest absolute Gasteiger partial charge is 0.226 e. The van der Waals surface area contributed by atoms with Gasteiger partial charge in [0.05, 0.1) is 0 Å². The Kier molecular flexibility index (Phi) is 4.94. The first-order chi connectivity index (χ1) is 14.7. The third-order valence-corrected chi connectivity index (χ3v) is 6.17. The zero-order valence-electron chi connectivity index (χ0n) is 16.7. The van der Waals surface area contributed by atoms with Crippen LogP contribution in [0.3, 0.4) is 0 Å². The van der Waals surface area contributed by atoms with Crippen LogP contribution in [0.25, 0.3) is 5.82 Å². The molecule has 0 aliphatic carbocycles. The zero-order chi connectivity index (χ0) is 20.5. The number of carbonyl (C=O) groups excluding carboxylic acids is 1. The van der Waals surface area contributed by atoms with Gasteiger partial charge in [0.25, 0.3) is 0 Å². The van der Waals surface area contributed by atoms with E-state index in [1.807, 2.05) is 46.1 Å². The highest BCUT2D eigenvalue weighted by molar-refractivity contribution is 5.79. The Balaban J connectivity index is 1.22. The summed E-state index contributed by atoms with van der Waals surface area (Å²) >= 11 is 0. The van der Waals surface area contributed by atoms with E-state index in [1.165, 1.54) is 6.07 Å². The number of rotatable bonds is 3. The minimum atomic E-state index is -0.203. The number of fused-ring (bicyclic) bond motifs is 1. The number of aromatic nitrogens is 3. The van der Waals surface area contributed by atoms with Crippen LogP contribution in [-0.4, -0.2) is 45.0 Å². The fourth-order valence-electron chi connectivity index (χ4n) is 4.46. The first kappa shape index (κ1) is 18.8. The summed E-state index contributed by atoms with van der Waals surface area (Å²) in [4.78, 5) is 26.0. The fourth-order valence-corrected chi connectivity index (χ4v) is 4.46. The molecule has 6 nitrogen and oxygen atoms in total. The standard InChI is InChI=1S/C23H24FN5O/c24-20-4-3-19-15-29(12-7-18(19)13-20)23(30)17-5-10-28(11-6-17)22-14-21(25-16-26-22)27-8-1-2-9-27/h1-4,8-9,13-14,16-17H,5-7,10-12,15H2. The van der Waals surface area contributed by atoms with Crippen molar-refractivity contribution >= 4 is 11.7 Å². The Hall–Kier alpha value is -3.22. The van der Waals surface area contributed by atoms with E-state index in [0.29, 0.717) is 13.1 Å². The summed E-state index contributed by atoms with van der Waals surface area (Å²) in [5, 5.41) is 0. The summed E-state index contributed by atoms with van der Waals surface area (Å²) in [5.41, 5.74) is 2.09. The van der Waals surface area contributed by atoms with Crippen LogP contribution in [0.15, 0.2) is 55.1 Å². The molecule has 3 aromatic rings. The van der Waals surface area contributed by atoms with Crippen LogP contribution in [0.5, 0.6) is 0 Å². The van der Waals surface area contributed by atoms with Crippen molar-refractivity contribution in [3.8, 4) is 5.82 Å². The van der Waals surface area contributed by atoms with E-state index in [4.69, 9.17) is 0 Å². The summed E-state index contributed by atoms with van der Waals surface area (Å²) in [6.45, 7) is 2.85. The number of carbonyl (C=O) groups is 1. The van der Waals surface area contributed by atoms with E-state index in [2.05, 4.69) is 14.9 Å². The Morgan fingerprint density at radius 3 is 2.53 bits per heavy atom. The van der Waals surface area contributed by atoms with Gasteiger partial charge in [-0.1, -0.05) is 6.07 Å². The van der Waals surface area contributed by atoms with Crippen molar-refractivity contribution in [1.29, 1.82) is 0 Å². The molecule has 1 aromatic carbocycles. The van der Waals surface area contributed by atoms with Gasteiger partial charge in [0.1, 0.15) is 23.8 Å². The lowest BCUT2D eigenvalue weighted by Crippen LogP contribution is -2.44. The lowest BCUT2D eigenvalue weighted by molar-refractivity contribution is -0.137. The van der Waals surface area contributed by atoms with Crippen molar-refractivity contribution in [3.63, 3.8) is 0 Å². The maximum Gasteiger partial charge on any atom is 0.226 e. The molecular weight excluding hydrogens is 381 g/mol. The average Bonchev–Trinajstić information content (AvgIpc) is 3.34. The third kappa shape index (κ3) is 3.67. The highest BCUT2D eigenvalue weighted by atomic mass is 19.1. The highest BCUT2D eigenvalue weighted by Crippen LogP contribution is 2.27.